The number of rotatable bonds is 3. The largest absolute Gasteiger partial charge is 0.478 e. The highest BCUT2D eigenvalue weighted by molar-refractivity contribution is 5.88. The standard InChI is InChI=1S/C13H18N2O2/c1-3-10-4-5-15(8-10)12-7-11(13(16)17)6-9(2)14-12/h6-7,10H,3-5,8H2,1-2H3,(H,16,17). The number of carbonyl (C=O) groups is 1. The van der Waals surface area contributed by atoms with Gasteiger partial charge in [-0.1, -0.05) is 13.3 Å². The smallest absolute Gasteiger partial charge is 0.335 e. The maximum atomic E-state index is 11.0. The molecule has 4 nitrogen and oxygen atoms in total. The Balaban J connectivity index is 2.24. The molecule has 0 amide bonds. The van der Waals surface area contributed by atoms with Gasteiger partial charge in [0.05, 0.1) is 5.56 Å². The zero-order valence-corrected chi connectivity index (χ0v) is 10.3. The minimum atomic E-state index is -0.886. The van der Waals surface area contributed by atoms with Gasteiger partial charge in [-0.15, -0.1) is 0 Å². The van der Waals surface area contributed by atoms with E-state index in [1.54, 1.807) is 12.1 Å². The predicted octanol–water partition coefficient (Wildman–Crippen LogP) is 2.32. The molecule has 2 rings (SSSR count). The van der Waals surface area contributed by atoms with Crippen LogP contribution in [0.4, 0.5) is 5.82 Å². The lowest BCUT2D eigenvalue weighted by Gasteiger charge is -2.18. The van der Waals surface area contributed by atoms with Gasteiger partial charge in [0, 0.05) is 18.8 Å². The Morgan fingerprint density at radius 2 is 2.35 bits per heavy atom. The maximum absolute atomic E-state index is 11.0. The number of aromatic nitrogens is 1. The highest BCUT2D eigenvalue weighted by Gasteiger charge is 2.22. The van der Waals surface area contributed by atoms with E-state index >= 15 is 0 Å². The molecule has 0 radical (unpaired) electrons. The van der Waals surface area contributed by atoms with Crippen molar-refractivity contribution in [2.45, 2.75) is 26.7 Å². The summed E-state index contributed by atoms with van der Waals surface area (Å²) in [6.07, 6.45) is 2.35. The summed E-state index contributed by atoms with van der Waals surface area (Å²) in [6, 6.07) is 3.28. The van der Waals surface area contributed by atoms with Crippen LogP contribution in [0.3, 0.4) is 0 Å². The molecule has 1 aromatic heterocycles. The van der Waals surface area contributed by atoms with Gasteiger partial charge in [-0.25, -0.2) is 9.78 Å². The first-order valence-corrected chi connectivity index (χ1v) is 6.07. The Kier molecular flexibility index (Phi) is 3.31. The summed E-state index contributed by atoms with van der Waals surface area (Å²) in [7, 11) is 0. The number of carboxylic acid groups (broad SMARTS) is 1. The monoisotopic (exact) mass is 234 g/mol. The van der Waals surface area contributed by atoms with Crippen LogP contribution in [-0.2, 0) is 0 Å². The minimum Gasteiger partial charge on any atom is -0.478 e. The van der Waals surface area contributed by atoms with Crippen molar-refractivity contribution in [2.75, 3.05) is 18.0 Å². The second kappa shape index (κ2) is 4.73. The predicted molar refractivity (Wildman–Crippen MR) is 66.5 cm³/mol. The summed E-state index contributed by atoms with van der Waals surface area (Å²) < 4.78 is 0. The summed E-state index contributed by atoms with van der Waals surface area (Å²) in [5.41, 5.74) is 1.09. The van der Waals surface area contributed by atoms with E-state index in [2.05, 4.69) is 16.8 Å². The van der Waals surface area contributed by atoms with Gasteiger partial charge in [-0.3, -0.25) is 0 Å². The molecule has 1 atom stereocenters. The van der Waals surface area contributed by atoms with Gasteiger partial charge in [0.2, 0.25) is 0 Å². The van der Waals surface area contributed by atoms with Crippen LogP contribution in [-0.4, -0.2) is 29.1 Å². The number of aromatic carboxylic acids is 1. The van der Waals surface area contributed by atoms with Crippen LogP contribution in [0.1, 0.15) is 35.8 Å². The zero-order chi connectivity index (χ0) is 12.4. The zero-order valence-electron chi connectivity index (χ0n) is 10.3. The van der Waals surface area contributed by atoms with Crippen LogP contribution < -0.4 is 4.90 Å². The van der Waals surface area contributed by atoms with Crippen molar-refractivity contribution in [3.8, 4) is 0 Å². The molecule has 1 saturated heterocycles. The maximum Gasteiger partial charge on any atom is 0.335 e. The van der Waals surface area contributed by atoms with E-state index in [0.717, 1.165) is 24.6 Å². The molecule has 1 unspecified atom stereocenters. The van der Waals surface area contributed by atoms with Gasteiger partial charge in [0.1, 0.15) is 5.82 Å². The van der Waals surface area contributed by atoms with Gasteiger partial charge < -0.3 is 10.0 Å². The van der Waals surface area contributed by atoms with E-state index in [1.807, 2.05) is 6.92 Å². The molecule has 4 heteroatoms. The Morgan fingerprint density at radius 1 is 1.59 bits per heavy atom. The van der Waals surface area contributed by atoms with E-state index in [0.29, 0.717) is 11.5 Å². The van der Waals surface area contributed by atoms with Crippen molar-refractivity contribution >= 4 is 11.8 Å². The first-order chi connectivity index (χ1) is 8.10. The molecule has 0 bridgehead atoms. The summed E-state index contributed by atoms with van der Waals surface area (Å²) in [4.78, 5) is 17.6. The summed E-state index contributed by atoms with van der Waals surface area (Å²) in [5, 5.41) is 9.03. The third kappa shape index (κ3) is 2.57. The van der Waals surface area contributed by atoms with E-state index in [1.165, 1.54) is 12.8 Å². The third-order valence-corrected chi connectivity index (χ3v) is 3.37. The van der Waals surface area contributed by atoms with Crippen LogP contribution in [0.15, 0.2) is 12.1 Å². The fraction of sp³-hybridized carbons (Fsp3) is 0.538. The lowest BCUT2D eigenvalue weighted by molar-refractivity contribution is 0.0696. The SMILES string of the molecule is CCC1CCN(c2cc(C(=O)O)cc(C)n2)C1. The second-order valence-corrected chi connectivity index (χ2v) is 4.67. The first kappa shape index (κ1) is 11.9. The quantitative estimate of drug-likeness (QED) is 0.872. The number of hydrogen-bond donors (Lipinski definition) is 1. The average Bonchev–Trinajstić information content (AvgIpc) is 2.76. The molecule has 0 aliphatic carbocycles. The molecule has 1 aliphatic rings. The lowest BCUT2D eigenvalue weighted by Crippen LogP contribution is -2.21. The molecule has 2 heterocycles. The summed E-state index contributed by atoms with van der Waals surface area (Å²) in [5.74, 6) is 0.631. The molecule has 17 heavy (non-hydrogen) atoms. The minimum absolute atomic E-state index is 0.326. The number of carboxylic acids is 1. The van der Waals surface area contributed by atoms with Gasteiger partial charge >= 0.3 is 5.97 Å². The molecule has 92 valence electrons. The van der Waals surface area contributed by atoms with Crippen molar-refractivity contribution in [3.63, 3.8) is 0 Å². The van der Waals surface area contributed by atoms with Crippen LogP contribution in [0.2, 0.25) is 0 Å². The van der Waals surface area contributed by atoms with Gasteiger partial charge in [0.25, 0.3) is 0 Å². The van der Waals surface area contributed by atoms with E-state index in [-0.39, 0.29) is 0 Å². The van der Waals surface area contributed by atoms with E-state index in [4.69, 9.17) is 5.11 Å². The summed E-state index contributed by atoms with van der Waals surface area (Å²) >= 11 is 0. The number of hydrogen-bond acceptors (Lipinski definition) is 3. The average molecular weight is 234 g/mol. The third-order valence-electron chi connectivity index (χ3n) is 3.37. The Hall–Kier alpha value is -1.58. The van der Waals surface area contributed by atoms with E-state index in [9.17, 15) is 4.79 Å². The topological polar surface area (TPSA) is 53.4 Å². The number of nitrogens with zero attached hydrogens (tertiary/aromatic N) is 2. The van der Waals surface area contributed by atoms with Crippen molar-refractivity contribution in [3.05, 3.63) is 23.4 Å². The second-order valence-electron chi connectivity index (χ2n) is 4.67. The van der Waals surface area contributed by atoms with Crippen LogP contribution in [0.25, 0.3) is 0 Å². The number of aryl methyl sites for hydroxylation is 1. The van der Waals surface area contributed by atoms with Crippen molar-refractivity contribution in [1.82, 2.24) is 4.98 Å². The normalized spacial score (nSPS) is 19.6. The van der Waals surface area contributed by atoms with Gasteiger partial charge in [0.15, 0.2) is 0 Å². The highest BCUT2D eigenvalue weighted by Crippen LogP contribution is 2.25. The van der Waals surface area contributed by atoms with E-state index < -0.39 is 5.97 Å². The first-order valence-electron chi connectivity index (χ1n) is 6.07. The Labute approximate surface area is 101 Å². The van der Waals surface area contributed by atoms with Crippen LogP contribution in [0, 0.1) is 12.8 Å². The molecule has 1 N–H and O–H groups in total. The fourth-order valence-corrected chi connectivity index (χ4v) is 2.31. The Morgan fingerprint density at radius 3 is 2.94 bits per heavy atom. The Bertz CT molecular complexity index is 431. The molecule has 0 aromatic carbocycles. The highest BCUT2D eigenvalue weighted by atomic mass is 16.4. The van der Waals surface area contributed by atoms with Gasteiger partial charge in [-0.05, 0) is 31.4 Å². The van der Waals surface area contributed by atoms with Crippen LogP contribution in [0.5, 0.6) is 0 Å². The van der Waals surface area contributed by atoms with Crippen molar-refractivity contribution in [2.24, 2.45) is 5.92 Å². The van der Waals surface area contributed by atoms with Gasteiger partial charge in [-0.2, -0.15) is 0 Å². The van der Waals surface area contributed by atoms with Crippen molar-refractivity contribution in [1.29, 1.82) is 0 Å². The molecule has 1 aliphatic heterocycles. The number of anilines is 1. The molecular formula is C13H18N2O2. The fourth-order valence-electron chi connectivity index (χ4n) is 2.31. The molecule has 0 saturated carbocycles. The lowest BCUT2D eigenvalue weighted by atomic mass is 10.1. The molecule has 1 aromatic rings. The number of pyridine rings is 1. The molecular weight excluding hydrogens is 216 g/mol. The van der Waals surface area contributed by atoms with Crippen LogP contribution >= 0.6 is 0 Å². The summed E-state index contributed by atoms with van der Waals surface area (Å²) in [6.45, 7) is 6.00. The molecule has 1 fully saturated rings. The molecule has 0 spiro atoms. The van der Waals surface area contributed by atoms with Crippen molar-refractivity contribution < 1.29 is 9.90 Å².